The summed E-state index contributed by atoms with van der Waals surface area (Å²) in [5.74, 6) is -1.20. The number of nitrogens with one attached hydrogen (secondary N) is 2. The van der Waals surface area contributed by atoms with Gasteiger partial charge in [-0.3, -0.25) is 19.3 Å². The zero-order valence-electron chi connectivity index (χ0n) is 19.4. The monoisotopic (exact) mass is 477 g/mol. The number of rotatable bonds is 8. The summed E-state index contributed by atoms with van der Waals surface area (Å²) in [6, 6.07) is 6.44. The van der Waals surface area contributed by atoms with Crippen LogP contribution in [0.15, 0.2) is 24.3 Å². The van der Waals surface area contributed by atoms with E-state index in [1.54, 1.807) is 18.2 Å². The van der Waals surface area contributed by atoms with Gasteiger partial charge in [0, 0.05) is 11.6 Å². The highest BCUT2D eigenvalue weighted by Gasteiger charge is 2.53. The minimum atomic E-state index is -0.938. The second-order valence-corrected chi connectivity index (χ2v) is 10.0. The topological polar surface area (TPSA) is 105 Å². The molecule has 180 valence electrons. The lowest BCUT2D eigenvalue weighted by atomic mass is 9.65. The minimum absolute atomic E-state index is 0.185. The molecule has 8 nitrogen and oxygen atoms in total. The van der Waals surface area contributed by atoms with Gasteiger partial charge in [0.25, 0.3) is 11.8 Å². The maximum absolute atomic E-state index is 13.0. The van der Waals surface area contributed by atoms with Crippen molar-refractivity contribution in [3.8, 4) is 0 Å². The van der Waals surface area contributed by atoms with Gasteiger partial charge in [0.1, 0.15) is 12.1 Å². The van der Waals surface area contributed by atoms with Crippen LogP contribution in [0.25, 0.3) is 0 Å². The van der Waals surface area contributed by atoms with Gasteiger partial charge >= 0.3 is 12.0 Å². The largest absolute Gasteiger partial charge is 0.454 e. The summed E-state index contributed by atoms with van der Waals surface area (Å²) in [6.07, 6.45) is 3.86. The molecule has 2 aliphatic rings. The van der Waals surface area contributed by atoms with Crippen LogP contribution in [0.3, 0.4) is 0 Å². The molecule has 3 rings (SSSR count). The number of ether oxygens (including phenoxy) is 1. The van der Waals surface area contributed by atoms with Crippen molar-refractivity contribution < 1.29 is 23.9 Å². The fraction of sp³-hybridized carbons (Fsp3) is 0.583. The number of nitrogens with zero attached hydrogens (tertiary/aromatic N) is 1. The van der Waals surface area contributed by atoms with Gasteiger partial charge in [-0.25, -0.2) is 4.79 Å². The van der Waals surface area contributed by atoms with E-state index in [1.807, 2.05) is 6.07 Å². The van der Waals surface area contributed by atoms with Crippen LogP contribution in [0.1, 0.15) is 58.4 Å². The number of urea groups is 1. The summed E-state index contributed by atoms with van der Waals surface area (Å²) in [5.41, 5.74) is 0.0553. The van der Waals surface area contributed by atoms with Crippen molar-refractivity contribution in [2.75, 3.05) is 13.2 Å². The highest BCUT2D eigenvalue weighted by atomic mass is 35.5. The summed E-state index contributed by atoms with van der Waals surface area (Å²) in [5, 5.41) is 6.00. The van der Waals surface area contributed by atoms with Crippen molar-refractivity contribution >= 4 is 35.4 Å². The predicted molar refractivity (Wildman–Crippen MR) is 123 cm³/mol. The number of imide groups is 1. The second-order valence-electron chi connectivity index (χ2n) is 9.59. The summed E-state index contributed by atoms with van der Waals surface area (Å²) < 4.78 is 4.98. The molecule has 0 radical (unpaired) electrons. The van der Waals surface area contributed by atoms with Crippen LogP contribution in [0.4, 0.5) is 4.79 Å². The van der Waals surface area contributed by atoms with E-state index in [1.165, 1.54) is 0 Å². The first-order valence-electron chi connectivity index (χ1n) is 11.4. The third kappa shape index (κ3) is 5.85. The first-order chi connectivity index (χ1) is 15.6. The molecule has 2 N–H and O–H groups in total. The number of esters is 1. The molecule has 0 atom stereocenters. The quantitative estimate of drug-likeness (QED) is 0.441. The molecule has 1 aliphatic carbocycles. The Morgan fingerprint density at radius 2 is 1.97 bits per heavy atom. The Morgan fingerprint density at radius 1 is 1.27 bits per heavy atom. The first kappa shape index (κ1) is 25.0. The summed E-state index contributed by atoms with van der Waals surface area (Å²) in [4.78, 5) is 50.6. The minimum Gasteiger partial charge on any atom is -0.454 e. The van der Waals surface area contributed by atoms with Gasteiger partial charge in [0.15, 0.2) is 6.61 Å². The Kier molecular flexibility index (Phi) is 7.67. The highest BCUT2D eigenvalue weighted by molar-refractivity contribution is 6.30. The highest BCUT2D eigenvalue weighted by Crippen LogP contribution is 2.45. The molecular formula is C24H32ClN3O5. The van der Waals surface area contributed by atoms with Crippen molar-refractivity contribution in [2.45, 2.75) is 65.0 Å². The number of hydrogen-bond donors (Lipinski definition) is 2. The predicted octanol–water partition coefficient (Wildman–Crippen LogP) is 3.42. The van der Waals surface area contributed by atoms with Crippen molar-refractivity contribution in [2.24, 2.45) is 11.3 Å². The normalized spacial score (nSPS) is 22.9. The average molecular weight is 478 g/mol. The molecule has 9 heteroatoms. The Hall–Kier alpha value is -2.61. The molecule has 33 heavy (non-hydrogen) atoms. The Labute approximate surface area is 199 Å². The first-order valence-corrected chi connectivity index (χ1v) is 11.7. The number of halogens is 1. The Morgan fingerprint density at radius 3 is 2.61 bits per heavy atom. The molecule has 0 unspecified atom stereocenters. The molecule has 1 aromatic carbocycles. The van der Waals surface area contributed by atoms with Gasteiger partial charge < -0.3 is 15.4 Å². The van der Waals surface area contributed by atoms with Crippen LogP contribution >= 0.6 is 11.6 Å². The zero-order valence-corrected chi connectivity index (χ0v) is 20.2. The molecule has 1 heterocycles. The van der Waals surface area contributed by atoms with Crippen LogP contribution in [0.2, 0.25) is 5.02 Å². The van der Waals surface area contributed by atoms with Crippen LogP contribution in [-0.2, 0) is 25.7 Å². The van der Waals surface area contributed by atoms with Crippen molar-refractivity contribution in [3.05, 3.63) is 34.9 Å². The van der Waals surface area contributed by atoms with Crippen LogP contribution < -0.4 is 10.6 Å². The number of benzene rings is 1. The van der Waals surface area contributed by atoms with Gasteiger partial charge in [-0.05, 0) is 54.7 Å². The van der Waals surface area contributed by atoms with E-state index in [0.29, 0.717) is 23.8 Å². The SMILES string of the molecule is CCC(C)(C)C1CCC2(CC1)NC(=O)N(CC(=O)OCC(=O)NCc1cccc(Cl)c1)C2=O. The molecule has 2 fully saturated rings. The van der Waals surface area contributed by atoms with Gasteiger partial charge in [0.2, 0.25) is 0 Å². The van der Waals surface area contributed by atoms with E-state index in [9.17, 15) is 19.2 Å². The molecular weight excluding hydrogens is 446 g/mol. The molecule has 1 saturated carbocycles. The molecule has 1 aromatic rings. The van der Waals surface area contributed by atoms with Crippen molar-refractivity contribution in [1.29, 1.82) is 0 Å². The fourth-order valence-corrected chi connectivity index (χ4v) is 4.77. The summed E-state index contributed by atoms with van der Waals surface area (Å²) in [7, 11) is 0. The lowest BCUT2D eigenvalue weighted by Crippen LogP contribution is -2.51. The standard InChI is InChI=1S/C24H32ClN3O5/c1-4-23(2,3)17-8-10-24(11-9-17)21(31)28(22(32)27-24)14-20(30)33-15-19(29)26-13-16-6-5-7-18(25)12-16/h5-7,12,17H,4,8-11,13-15H2,1-3H3,(H,26,29)(H,27,32). The van der Waals surface area contributed by atoms with E-state index in [4.69, 9.17) is 16.3 Å². The van der Waals surface area contributed by atoms with Gasteiger partial charge in [0.05, 0.1) is 0 Å². The third-order valence-electron chi connectivity index (χ3n) is 7.13. The van der Waals surface area contributed by atoms with E-state index in [0.717, 1.165) is 29.7 Å². The maximum atomic E-state index is 13.0. The number of amides is 4. The lowest BCUT2D eigenvalue weighted by molar-refractivity contribution is -0.151. The van der Waals surface area contributed by atoms with E-state index in [2.05, 4.69) is 31.4 Å². The van der Waals surface area contributed by atoms with Gasteiger partial charge in [-0.1, -0.05) is 50.9 Å². The molecule has 1 saturated heterocycles. The smallest absolute Gasteiger partial charge is 0.326 e. The molecule has 0 aromatic heterocycles. The Balaban J connectivity index is 1.46. The number of carbonyl (C=O) groups is 4. The van der Waals surface area contributed by atoms with Crippen molar-refractivity contribution in [1.82, 2.24) is 15.5 Å². The maximum Gasteiger partial charge on any atom is 0.326 e. The van der Waals surface area contributed by atoms with E-state index in [-0.39, 0.29) is 17.9 Å². The average Bonchev–Trinajstić information content (AvgIpc) is 3.00. The molecule has 1 aliphatic heterocycles. The van der Waals surface area contributed by atoms with Crippen molar-refractivity contribution in [3.63, 3.8) is 0 Å². The fourth-order valence-electron chi connectivity index (χ4n) is 4.56. The third-order valence-corrected chi connectivity index (χ3v) is 7.37. The van der Waals surface area contributed by atoms with Crippen LogP contribution in [-0.4, -0.2) is 47.4 Å². The van der Waals surface area contributed by atoms with Crippen LogP contribution in [0.5, 0.6) is 0 Å². The number of hydrogen-bond acceptors (Lipinski definition) is 5. The van der Waals surface area contributed by atoms with E-state index >= 15 is 0 Å². The molecule has 0 bridgehead atoms. The Bertz CT molecular complexity index is 924. The second kappa shape index (κ2) is 10.1. The van der Waals surface area contributed by atoms with Gasteiger partial charge in [-0.15, -0.1) is 0 Å². The summed E-state index contributed by atoms with van der Waals surface area (Å²) in [6.45, 7) is 5.86. The molecule has 4 amide bonds. The molecule has 1 spiro atoms. The summed E-state index contributed by atoms with van der Waals surface area (Å²) >= 11 is 5.91. The van der Waals surface area contributed by atoms with Crippen LogP contribution in [0, 0.1) is 11.3 Å². The lowest BCUT2D eigenvalue weighted by Gasteiger charge is -2.42. The number of carbonyl (C=O) groups excluding carboxylic acids is 4. The van der Waals surface area contributed by atoms with Gasteiger partial charge in [-0.2, -0.15) is 0 Å². The van der Waals surface area contributed by atoms with E-state index < -0.39 is 36.6 Å². The zero-order chi connectivity index (χ0) is 24.2.